The third-order valence-corrected chi connectivity index (χ3v) is 2.11. The third-order valence-electron chi connectivity index (χ3n) is 2.11. The van der Waals surface area contributed by atoms with Crippen molar-refractivity contribution in [3.05, 3.63) is 35.9 Å². The van der Waals surface area contributed by atoms with Crippen molar-refractivity contribution >= 4 is 71.4 Å². The average molecular weight is 199 g/mol. The molecule has 1 aromatic rings. The third kappa shape index (κ3) is 8.57. The molecule has 0 saturated heterocycles. The fourth-order valence-corrected chi connectivity index (χ4v) is 1.28. The summed E-state index contributed by atoms with van der Waals surface area (Å²) >= 11 is 0. The van der Waals surface area contributed by atoms with Gasteiger partial charge in [-0.2, -0.15) is 0 Å². The van der Waals surface area contributed by atoms with E-state index >= 15 is 0 Å². The van der Waals surface area contributed by atoms with Crippen LogP contribution >= 0.6 is 0 Å². The molecule has 65 valence electrons. The first-order valence-electron chi connectivity index (χ1n) is 5.67. The molecule has 17 heavy (non-hydrogen) atoms. The van der Waals surface area contributed by atoms with E-state index in [4.69, 9.17) is 7.74 Å². The maximum Gasteiger partial charge on any atom is 0.0603 e. The first-order chi connectivity index (χ1) is 8.43. The van der Waals surface area contributed by atoms with Crippen LogP contribution < -0.4 is 0 Å². The molecule has 0 atom stereocenters. The maximum atomic E-state index is 5.19. The van der Waals surface area contributed by atoms with Crippen LogP contribution in [0.4, 0.5) is 0 Å². The lowest BCUT2D eigenvalue weighted by atomic mass is 8.89. The Balaban J connectivity index is 1.85. The molecule has 0 N–H and O–H groups in total. The largest absolute Gasteiger partial charge is 0.0652 e. The molecule has 0 aromatic heterocycles. The second-order valence-corrected chi connectivity index (χ2v) is 3.47. The van der Waals surface area contributed by atoms with E-state index in [9.17, 15) is 0 Å². The number of hydrogen-bond donors (Lipinski definition) is 0. The summed E-state index contributed by atoms with van der Waals surface area (Å²) in [7, 11) is 22.5. The standard InChI is InChI=1S/C7H7B10/c8-10-12-14-16-17-15-13-11-9-6-7-4-2-1-3-5-7/h1-5H,6H2. The lowest BCUT2D eigenvalue weighted by molar-refractivity contribution is 1.40. The molecule has 0 unspecified atom stereocenters. The quantitative estimate of drug-likeness (QED) is 0.300. The van der Waals surface area contributed by atoms with Crippen molar-refractivity contribution in [3.8, 4) is 0 Å². The van der Waals surface area contributed by atoms with Crippen molar-refractivity contribution in [3.63, 3.8) is 0 Å². The van der Waals surface area contributed by atoms with E-state index in [1.54, 1.807) is 7.06 Å². The number of rotatable bonds is 10. The zero-order valence-corrected chi connectivity index (χ0v) is 9.87. The summed E-state index contributed by atoms with van der Waals surface area (Å²) in [6, 6.07) is 10.4. The van der Waals surface area contributed by atoms with Crippen LogP contribution in [0.1, 0.15) is 5.56 Å². The Morgan fingerprint density at radius 2 is 1.35 bits per heavy atom. The smallest absolute Gasteiger partial charge is 0.0603 e. The molecule has 0 aliphatic rings. The maximum absolute atomic E-state index is 5.19. The van der Waals surface area contributed by atoms with Crippen LogP contribution in [0.25, 0.3) is 0 Å². The van der Waals surface area contributed by atoms with Crippen LogP contribution in [0.15, 0.2) is 30.3 Å². The highest BCUT2D eigenvalue weighted by Crippen LogP contribution is 1.97. The zero-order chi connectivity index (χ0) is 12.2. The van der Waals surface area contributed by atoms with Crippen molar-refractivity contribution < 1.29 is 0 Å². The molecule has 0 aliphatic heterocycles. The van der Waals surface area contributed by atoms with Gasteiger partial charge in [0.2, 0.25) is 0 Å². The predicted octanol–water partition coefficient (Wildman–Crippen LogP) is -2.07. The van der Waals surface area contributed by atoms with Crippen molar-refractivity contribution in [2.75, 3.05) is 0 Å². The molecule has 0 saturated carbocycles. The van der Waals surface area contributed by atoms with Gasteiger partial charge in [0.25, 0.3) is 0 Å². The van der Waals surface area contributed by atoms with Crippen LogP contribution in [0.2, 0.25) is 0 Å². The minimum Gasteiger partial charge on any atom is -0.0652 e. The van der Waals surface area contributed by atoms with Gasteiger partial charge in [-0.3, -0.25) is 0 Å². The van der Waals surface area contributed by atoms with Gasteiger partial charge in [-0.15, -0.1) is 0 Å². The fraction of sp³-hybridized carbons (Fsp3) is 0.143. The molecule has 0 aliphatic carbocycles. The lowest BCUT2D eigenvalue weighted by Gasteiger charge is -1.99. The van der Waals surface area contributed by atoms with Gasteiger partial charge in [0.1, 0.15) is 0 Å². The highest BCUT2D eigenvalue weighted by Gasteiger charge is 1.98. The summed E-state index contributed by atoms with van der Waals surface area (Å²) in [6.07, 6.45) is 0.969. The van der Waals surface area contributed by atoms with E-state index in [1.807, 2.05) is 41.4 Å². The fourth-order valence-electron chi connectivity index (χ4n) is 1.28. The van der Waals surface area contributed by atoms with Gasteiger partial charge in [-0.05, 0) is 0 Å². The van der Waals surface area contributed by atoms with E-state index in [2.05, 4.69) is 38.5 Å². The average Bonchev–Trinajstić information content (AvgIpc) is 2.38. The first kappa shape index (κ1) is 14.9. The molecule has 1 aromatic carbocycles. The topological polar surface area (TPSA) is 0 Å². The highest BCUT2D eigenvalue weighted by atomic mass is 13.8. The van der Waals surface area contributed by atoms with Gasteiger partial charge in [0.15, 0.2) is 0 Å². The Hall–Kier alpha value is -0.131. The molecule has 0 amide bonds. The first-order valence-corrected chi connectivity index (χ1v) is 5.67. The molecule has 0 fully saturated rings. The van der Waals surface area contributed by atoms with Crippen LogP contribution in [0, 0.1) is 0 Å². The molecule has 0 spiro atoms. The number of hydrogen-bond acceptors (Lipinski definition) is 0. The monoisotopic (exact) mass is 201 g/mol. The van der Waals surface area contributed by atoms with Gasteiger partial charge >= 0.3 is 0 Å². The van der Waals surface area contributed by atoms with Crippen molar-refractivity contribution in [1.29, 1.82) is 0 Å². The normalized spacial score (nSPS) is 8.47. The predicted molar refractivity (Wildman–Crippen MR) is 87.7 cm³/mol. The minimum atomic E-state index is 0.969. The Labute approximate surface area is 114 Å². The second-order valence-electron chi connectivity index (χ2n) is 3.47. The molecule has 11 radical (unpaired) electrons. The Bertz CT molecular complexity index is 267. The molecule has 0 bridgehead atoms. The number of benzene rings is 1. The van der Waals surface area contributed by atoms with E-state index in [-0.39, 0.29) is 0 Å². The zero-order valence-electron chi connectivity index (χ0n) is 9.87. The van der Waals surface area contributed by atoms with Crippen LogP contribution in [0.3, 0.4) is 0 Å². The Morgan fingerprint density at radius 1 is 0.765 bits per heavy atom. The highest BCUT2D eigenvalue weighted by molar-refractivity contribution is 7.68. The SMILES string of the molecule is [B][B][B][B][B][B][B][B][B][B]Cc1ccccc1. The van der Waals surface area contributed by atoms with Crippen LogP contribution in [0.5, 0.6) is 0 Å². The summed E-state index contributed by atoms with van der Waals surface area (Å²) in [6.45, 7) is 0. The van der Waals surface area contributed by atoms with Gasteiger partial charge in [0, 0.05) is 64.2 Å². The van der Waals surface area contributed by atoms with Gasteiger partial charge < -0.3 is 0 Å². The van der Waals surface area contributed by atoms with E-state index in [1.165, 1.54) is 12.6 Å². The summed E-state index contributed by atoms with van der Waals surface area (Å²) in [5.41, 5.74) is 1.33. The molecule has 1 rings (SSSR count). The van der Waals surface area contributed by atoms with Crippen molar-refractivity contribution in [2.45, 2.75) is 6.32 Å². The summed E-state index contributed by atoms with van der Waals surface area (Å²) in [5.74, 6) is 0. The Kier molecular flexibility index (Phi) is 9.65. The van der Waals surface area contributed by atoms with Crippen LogP contribution in [-0.4, -0.2) is 71.4 Å². The Morgan fingerprint density at radius 3 is 2.00 bits per heavy atom. The molecule has 0 nitrogen and oxygen atoms in total. The second kappa shape index (κ2) is 11.0. The van der Waals surface area contributed by atoms with Gasteiger partial charge in [-0.1, -0.05) is 42.2 Å². The molecular weight excluding hydrogens is 192 g/mol. The summed E-state index contributed by atoms with van der Waals surface area (Å²) < 4.78 is 0. The van der Waals surface area contributed by atoms with Crippen molar-refractivity contribution in [2.24, 2.45) is 0 Å². The van der Waals surface area contributed by atoms with E-state index in [0.29, 0.717) is 0 Å². The summed E-state index contributed by atoms with van der Waals surface area (Å²) in [4.78, 5) is 0. The molecule has 0 heterocycles. The van der Waals surface area contributed by atoms with E-state index in [0.717, 1.165) is 6.32 Å². The molecular formula is C7H7B10. The summed E-state index contributed by atoms with van der Waals surface area (Å²) in [5, 5.41) is 0. The minimum absolute atomic E-state index is 0.969. The lowest BCUT2D eigenvalue weighted by Crippen LogP contribution is -2.31. The van der Waals surface area contributed by atoms with E-state index < -0.39 is 0 Å². The van der Waals surface area contributed by atoms with Gasteiger partial charge in [0.05, 0.1) is 7.17 Å². The van der Waals surface area contributed by atoms with Gasteiger partial charge in [-0.25, -0.2) is 0 Å². The van der Waals surface area contributed by atoms with Crippen molar-refractivity contribution in [1.82, 2.24) is 0 Å². The van der Waals surface area contributed by atoms with Crippen LogP contribution in [-0.2, 0) is 6.32 Å². The molecule has 10 heteroatoms.